The number of thiazole rings is 1. The number of piperidine rings is 1. The number of ether oxygens (including phenoxy) is 3. The molecule has 2 saturated heterocycles. The number of nitrogens with zero attached hydrogens (tertiary/aromatic N) is 3. The first-order valence-corrected chi connectivity index (χ1v) is 9.62. The molecule has 8 heteroatoms. The number of pyridine rings is 1. The predicted molar refractivity (Wildman–Crippen MR) is 94.8 cm³/mol. The van der Waals surface area contributed by atoms with Crippen molar-refractivity contribution in [2.45, 2.75) is 31.7 Å². The van der Waals surface area contributed by atoms with E-state index in [1.54, 1.807) is 12.4 Å². The largest absolute Gasteiger partial charge is 0.485 e. The molecule has 0 N–H and O–H groups in total. The summed E-state index contributed by atoms with van der Waals surface area (Å²) in [7, 11) is 0. The van der Waals surface area contributed by atoms with Crippen LogP contribution in [0.15, 0.2) is 29.9 Å². The molecule has 1 amide bonds. The van der Waals surface area contributed by atoms with Gasteiger partial charge in [-0.2, -0.15) is 0 Å². The molecule has 1 spiro atoms. The predicted octanol–water partition coefficient (Wildman–Crippen LogP) is 2.03. The molecule has 2 aliphatic heterocycles. The SMILES string of the molecule is O=C(Cc1csc(COc2cccnc2)n1)N1CCC2(CC1)OCCO2. The van der Waals surface area contributed by atoms with Crippen LogP contribution < -0.4 is 4.74 Å². The molecule has 0 aromatic carbocycles. The number of hydrogen-bond donors (Lipinski definition) is 0. The van der Waals surface area contributed by atoms with Gasteiger partial charge in [0.1, 0.15) is 17.4 Å². The number of aromatic nitrogens is 2. The summed E-state index contributed by atoms with van der Waals surface area (Å²) >= 11 is 1.51. The van der Waals surface area contributed by atoms with E-state index in [0.29, 0.717) is 45.1 Å². The fourth-order valence-corrected chi connectivity index (χ4v) is 3.93. The van der Waals surface area contributed by atoms with Crippen molar-refractivity contribution in [1.29, 1.82) is 0 Å². The van der Waals surface area contributed by atoms with Gasteiger partial charge in [0, 0.05) is 37.5 Å². The summed E-state index contributed by atoms with van der Waals surface area (Å²) in [6.07, 6.45) is 5.16. The van der Waals surface area contributed by atoms with Gasteiger partial charge in [-0.15, -0.1) is 11.3 Å². The van der Waals surface area contributed by atoms with Gasteiger partial charge >= 0.3 is 0 Å². The third kappa shape index (κ3) is 4.03. The summed E-state index contributed by atoms with van der Waals surface area (Å²) in [6.45, 7) is 3.01. The van der Waals surface area contributed by atoms with Crippen molar-refractivity contribution < 1.29 is 19.0 Å². The molecule has 4 heterocycles. The Bertz CT molecular complexity index is 736. The number of rotatable bonds is 5. The fourth-order valence-electron chi connectivity index (χ4n) is 3.22. The average Bonchev–Trinajstić information content (AvgIpc) is 3.31. The van der Waals surface area contributed by atoms with E-state index < -0.39 is 5.79 Å². The highest BCUT2D eigenvalue weighted by Crippen LogP contribution is 2.31. The first kappa shape index (κ1) is 17.4. The molecule has 0 unspecified atom stereocenters. The molecule has 2 aromatic rings. The zero-order valence-electron chi connectivity index (χ0n) is 14.4. The van der Waals surface area contributed by atoms with E-state index in [-0.39, 0.29) is 5.91 Å². The standard InChI is InChI=1S/C18H21N3O4S/c22-17(21-6-3-18(4-7-21)24-8-9-25-18)10-14-13-26-16(20-14)12-23-15-2-1-5-19-11-15/h1-2,5,11,13H,3-4,6-10,12H2. The van der Waals surface area contributed by atoms with Gasteiger partial charge in [-0.3, -0.25) is 9.78 Å². The van der Waals surface area contributed by atoms with Crippen molar-refractivity contribution in [2.75, 3.05) is 26.3 Å². The van der Waals surface area contributed by atoms with Gasteiger partial charge in [0.05, 0.1) is 31.5 Å². The van der Waals surface area contributed by atoms with Crippen LogP contribution in [0.4, 0.5) is 0 Å². The van der Waals surface area contributed by atoms with E-state index in [1.165, 1.54) is 11.3 Å². The number of likely N-dealkylation sites (tertiary alicyclic amines) is 1. The minimum absolute atomic E-state index is 0.0999. The molecule has 2 fully saturated rings. The third-order valence-electron chi connectivity index (χ3n) is 4.62. The van der Waals surface area contributed by atoms with Gasteiger partial charge in [0.2, 0.25) is 5.91 Å². The Balaban J connectivity index is 1.26. The Labute approximate surface area is 155 Å². The van der Waals surface area contributed by atoms with E-state index in [9.17, 15) is 4.79 Å². The quantitative estimate of drug-likeness (QED) is 0.796. The zero-order valence-corrected chi connectivity index (χ0v) is 15.2. The summed E-state index contributed by atoms with van der Waals surface area (Å²) in [6, 6.07) is 3.68. The minimum Gasteiger partial charge on any atom is -0.485 e. The molecule has 4 rings (SSSR count). The molecule has 0 saturated carbocycles. The van der Waals surface area contributed by atoms with Gasteiger partial charge in [-0.1, -0.05) is 0 Å². The maximum Gasteiger partial charge on any atom is 0.228 e. The highest BCUT2D eigenvalue weighted by molar-refractivity contribution is 7.09. The van der Waals surface area contributed by atoms with Gasteiger partial charge in [0.25, 0.3) is 0 Å². The lowest BCUT2D eigenvalue weighted by atomic mass is 10.0. The molecule has 0 radical (unpaired) electrons. The second-order valence-electron chi connectivity index (χ2n) is 6.38. The summed E-state index contributed by atoms with van der Waals surface area (Å²) in [5, 5.41) is 2.77. The lowest BCUT2D eigenvalue weighted by molar-refractivity contribution is -0.187. The highest BCUT2D eigenvalue weighted by Gasteiger charge is 2.40. The second kappa shape index (κ2) is 7.69. The van der Waals surface area contributed by atoms with Crippen LogP contribution in [-0.4, -0.2) is 52.9 Å². The summed E-state index contributed by atoms with van der Waals surface area (Å²) in [4.78, 5) is 22.9. The number of carbonyl (C=O) groups excluding carboxylic acids is 1. The summed E-state index contributed by atoms with van der Waals surface area (Å²) in [5.74, 6) is 0.357. The van der Waals surface area contributed by atoms with Crippen LogP contribution in [0.1, 0.15) is 23.5 Å². The monoisotopic (exact) mass is 375 g/mol. The van der Waals surface area contributed by atoms with Crippen LogP contribution in [0.5, 0.6) is 5.75 Å². The number of carbonyl (C=O) groups is 1. The molecule has 0 atom stereocenters. The molecule has 0 aliphatic carbocycles. The van der Waals surface area contributed by atoms with Crippen LogP contribution in [0.25, 0.3) is 0 Å². The van der Waals surface area contributed by atoms with Crippen LogP contribution in [0.3, 0.4) is 0 Å². The Kier molecular flexibility index (Phi) is 5.14. The normalized spacial score (nSPS) is 19.0. The Hall–Kier alpha value is -2.03. The van der Waals surface area contributed by atoms with Crippen LogP contribution in [-0.2, 0) is 27.3 Å². The molecule has 2 aromatic heterocycles. The smallest absolute Gasteiger partial charge is 0.228 e. The van der Waals surface area contributed by atoms with E-state index in [0.717, 1.165) is 23.5 Å². The Morgan fingerprint density at radius 2 is 2.12 bits per heavy atom. The summed E-state index contributed by atoms with van der Waals surface area (Å²) in [5.41, 5.74) is 0.790. The van der Waals surface area contributed by atoms with Crippen molar-refractivity contribution in [3.8, 4) is 5.75 Å². The van der Waals surface area contributed by atoms with Crippen LogP contribution >= 0.6 is 11.3 Å². The van der Waals surface area contributed by atoms with Crippen molar-refractivity contribution in [3.05, 3.63) is 40.6 Å². The first-order chi connectivity index (χ1) is 12.7. The van der Waals surface area contributed by atoms with Crippen molar-refractivity contribution in [1.82, 2.24) is 14.9 Å². The van der Waals surface area contributed by atoms with Crippen LogP contribution in [0, 0.1) is 0 Å². The molecular formula is C18H21N3O4S. The van der Waals surface area contributed by atoms with E-state index >= 15 is 0 Å². The number of hydrogen-bond acceptors (Lipinski definition) is 7. The molecular weight excluding hydrogens is 354 g/mol. The average molecular weight is 375 g/mol. The summed E-state index contributed by atoms with van der Waals surface area (Å²) < 4.78 is 17.1. The highest BCUT2D eigenvalue weighted by atomic mass is 32.1. The lowest BCUT2D eigenvalue weighted by Crippen LogP contribution is -2.47. The molecule has 0 bridgehead atoms. The Morgan fingerprint density at radius 1 is 1.31 bits per heavy atom. The zero-order chi connectivity index (χ0) is 17.8. The second-order valence-corrected chi connectivity index (χ2v) is 7.32. The molecule has 2 aliphatic rings. The number of amides is 1. The van der Waals surface area contributed by atoms with Crippen LogP contribution in [0.2, 0.25) is 0 Å². The topological polar surface area (TPSA) is 73.8 Å². The molecule has 26 heavy (non-hydrogen) atoms. The maximum absolute atomic E-state index is 12.5. The van der Waals surface area contributed by atoms with Gasteiger partial charge in [-0.25, -0.2) is 4.98 Å². The first-order valence-electron chi connectivity index (χ1n) is 8.74. The Morgan fingerprint density at radius 3 is 2.85 bits per heavy atom. The van der Waals surface area contributed by atoms with Gasteiger partial charge in [0.15, 0.2) is 5.79 Å². The van der Waals surface area contributed by atoms with Gasteiger partial charge < -0.3 is 19.1 Å². The maximum atomic E-state index is 12.5. The van der Waals surface area contributed by atoms with Gasteiger partial charge in [-0.05, 0) is 12.1 Å². The van der Waals surface area contributed by atoms with E-state index in [2.05, 4.69) is 9.97 Å². The van der Waals surface area contributed by atoms with Crippen molar-refractivity contribution in [3.63, 3.8) is 0 Å². The van der Waals surface area contributed by atoms with Crippen molar-refractivity contribution >= 4 is 17.2 Å². The van der Waals surface area contributed by atoms with E-state index in [4.69, 9.17) is 14.2 Å². The minimum atomic E-state index is -0.450. The lowest BCUT2D eigenvalue weighted by Gasteiger charge is -2.37. The van der Waals surface area contributed by atoms with Crippen molar-refractivity contribution in [2.24, 2.45) is 0 Å². The molecule has 138 valence electrons. The van der Waals surface area contributed by atoms with E-state index in [1.807, 2.05) is 22.4 Å². The fraction of sp³-hybridized carbons (Fsp3) is 0.500. The molecule has 7 nitrogen and oxygen atoms in total. The third-order valence-corrected chi connectivity index (χ3v) is 5.49.